The molecule has 19 heavy (non-hydrogen) atoms. The normalized spacial score (nSPS) is 11.3. The van der Waals surface area contributed by atoms with Gasteiger partial charge in [-0.2, -0.15) is 0 Å². The van der Waals surface area contributed by atoms with Crippen LogP contribution in [-0.2, 0) is 6.42 Å². The highest BCUT2D eigenvalue weighted by molar-refractivity contribution is 5.49. The summed E-state index contributed by atoms with van der Waals surface area (Å²) in [7, 11) is 0. The molecular formula is C18H28O. The second-order valence-corrected chi connectivity index (χ2v) is 5.17. The van der Waals surface area contributed by atoms with E-state index in [0.29, 0.717) is 0 Å². The van der Waals surface area contributed by atoms with Crippen LogP contribution in [0.4, 0.5) is 0 Å². The van der Waals surface area contributed by atoms with Crippen LogP contribution < -0.4 is 0 Å². The molecule has 0 fully saturated rings. The van der Waals surface area contributed by atoms with Crippen molar-refractivity contribution in [3.63, 3.8) is 0 Å². The van der Waals surface area contributed by atoms with Crippen molar-refractivity contribution in [3.8, 4) is 0 Å². The highest BCUT2D eigenvalue weighted by atomic mass is 16.2. The standard InChI is InChI=1S/C18H28O/c1-2-3-4-5-6-7-10-17-12-14-18(15-13-17)11-8-9-16-19/h8,11-15,19H,2-7,9-10,16H2,1H3. The summed E-state index contributed by atoms with van der Waals surface area (Å²) in [5.41, 5.74) is 2.66. The average molecular weight is 260 g/mol. The minimum Gasteiger partial charge on any atom is -0.396 e. The van der Waals surface area contributed by atoms with Gasteiger partial charge in [0.25, 0.3) is 0 Å². The van der Waals surface area contributed by atoms with Crippen LogP contribution in [0.15, 0.2) is 30.3 Å². The van der Waals surface area contributed by atoms with E-state index in [1.54, 1.807) is 0 Å². The Balaban J connectivity index is 2.20. The van der Waals surface area contributed by atoms with Gasteiger partial charge in [0.15, 0.2) is 0 Å². The smallest absolute Gasteiger partial charge is 0.0465 e. The van der Waals surface area contributed by atoms with Crippen LogP contribution in [0.2, 0.25) is 0 Å². The van der Waals surface area contributed by atoms with Crippen molar-refractivity contribution in [3.05, 3.63) is 41.5 Å². The Morgan fingerprint density at radius 2 is 1.63 bits per heavy atom. The zero-order valence-corrected chi connectivity index (χ0v) is 12.3. The maximum absolute atomic E-state index is 8.71. The molecule has 0 amide bonds. The molecule has 1 aromatic rings. The molecule has 106 valence electrons. The summed E-state index contributed by atoms with van der Waals surface area (Å²) >= 11 is 0. The summed E-state index contributed by atoms with van der Waals surface area (Å²) in [4.78, 5) is 0. The van der Waals surface area contributed by atoms with Gasteiger partial charge in [0.2, 0.25) is 0 Å². The predicted molar refractivity (Wildman–Crippen MR) is 84.3 cm³/mol. The maximum Gasteiger partial charge on any atom is 0.0465 e. The fraction of sp³-hybridized carbons (Fsp3) is 0.556. The third-order valence-electron chi connectivity index (χ3n) is 3.40. The summed E-state index contributed by atoms with van der Waals surface area (Å²) in [5, 5.41) is 8.71. The van der Waals surface area contributed by atoms with Gasteiger partial charge in [-0.3, -0.25) is 0 Å². The average Bonchev–Trinajstić information content (AvgIpc) is 2.44. The van der Waals surface area contributed by atoms with Gasteiger partial charge in [0, 0.05) is 6.61 Å². The number of hydrogen-bond donors (Lipinski definition) is 1. The molecule has 1 heteroatoms. The molecule has 0 saturated carbocycles. The van der Waals surface area contributed by atoms with E-state index in [1.807, 2.05) is 6.08 Å². The van der Waals surface area contributed by atoms with Crippen molar-refractivity contribution < 1.29 is 5.11 Å². The SMILES string of the molecule is CCCCCCCCc1ccc(C=CCCO)cc1. The lowest BCUT2D eigenvalue weighted by Gasteiger charge is -2.02. The molecule has 1 rings (SSSR count). The predicted octanol–water partition coefficient (Wildman–Crippen LogP) is 4.99. The highest BCUT2D eigenvalue weighted by Crippen LogP contribution is 2.12. The third kappa shape index (κ3) is 7.84. The number of unbranched alkanes of at least 4 members (excludes halogenated alkanes) is 5. The number of aryl methyl sites for hydroxylation is 1. The lowest BCUT2D eigenvalue weighted by atomic mass is 10.0. The quantitative estimate of drug-likeness (QED) is 0.588. The number of aliphatic hydroxyl groups excluding tert-OH is 1. The van der Waals surface area contributed by atoms with E-state index >= 15 is 0 Å². The first kappa shape index (κ1) is 16.0. The molecule has 1 nitrogen and oxygen atoms in total. The lowest BCUT2D eigenvalue weighted by Crippen LogP contribution is -1.86. The van der Waals surface area contributed by atoms with Crippen molar-refractivity contribution in [2.45, 2.75) is 58.3 Å². The topological polar surface area (TPSA) is 20.2 Å². The molecule has 0 spiro atoms. The van der Waals surface area contributed by atoms with E-state index in [-0.39, 0.29) is 6.61 Å². The first-order valence-corrected chi connectivity index (χ1v) is 7.73. The number of rotatable bonds is 10. The van der Waals surface area contributed by atoms with Gasteiger partial charge in [0.1, 0.15) is 0 Å². The zero-order valence-electron chi connectivity index (χ0n) is 12.3. The first-order chi connectivity index (χ1) is 9.36. The van der Waals surface area contributed by atoms with Crippen LogP contribution in [0.1, 0.15) is 63.0 Å². The molecule has 0 aliphatic carbocycles. The van der Waals surface area contributed by atoms with Gasteiger partial charge in [-0.05, 0) is 30.4 Å². The van der Waals surface area contributed by atoms with Crippen molar-refractivity contribution in [2.24, 2.45) is 0 Å². The monoisotopic (exact) mass is 260 g/mol. The second-order valence-electron chi connectivity index (χ2n) is 5.17. The molecule has 0 aliphatic heterocycles. The van der Waals surface area contributed by atoms with Gasteiger partial charge in [-0.15, -0.1) is 0 Å². The summed E-state index contributed by atoms with van der Waals surface area (Å²) in [6.45, 7) is 2.49. The van der Waals surface area contributed by atoms with Crippen molar-refractivity contribution >= 4 is 6.08 Å². The van der Waals surface area contributed by atoms with E-state index < -0.39 is 0 Å². The van der Waals surface area contributed by atoms with Gasteiger partial charge in [-0.25, -0.2) is 0 Å². The third-order valence-corrected chi connectivity index (χ3v) is 3.40. The molecule has 0 unspecified atom stereocenters. The molecule has 0 atom stereocenters. The Hall–Kier alpha value is -1.08. The van der Waals surface area contributed by atoms with Crippen molar-refractivity contribution in [2.75, 3.05) is 6.61 Å². The van der Waals surface area contributed by atoms with Gasteiger partial charge in [0.05, 0.1) is 0 Å². The Morgan fingerprint density at radius 3 is 2.32 bits per heavy atom. The summed E-state index contributed by atoms with van der Waals surface area (Å²) in [6, 6.07) is 8.79. The summed E-state index contributed by atoms with van der Waals surface area (Å²) in [5.74, 6) is 0. The number of hydrogen-bond acceptors (Lipinski definition) is 1. The molecule has 1 N–H and O–H groups in total. The van der Waals surface area contributed by atoms with Crippen molar-refractivity contribution in [1.82, 2.24) is 0 Å². The zero-order chi connectivity index (χ0) is 13.8. The number of aliphatic hydroxyl groups is 1. The highest BCUT2D eigenvalue weighted by Gasteiger charge is 1.94. The molecule has 0 aliphatic rings. The fourth-order valence-electron chi connectivity index (χ4n) is 2.20. The van der Waals surface area contributed by atoms with E-state index in [2.05, 4.69) is 37.3 Å². The Bertz CT molecular complexity index is 337. The largest absolute Gasteiger partial charge is 0.396 e. The molecule has 0 saturated heterocycles. The van der Waals surface area contributed by atoms with Crippen LogP contribution in [0, 0.1) is 0 Å². The Labute approximate surface area is 118 Å². The van der Waals surface area contributed by atoms with Crippen LogP contribution in [0.5, 0.6) is 0 Å². The van der Waals surface area contributed by atoms with Crippen LogP contribution in [-0.4, -0.2) is 11.7 Å². The fourth-order valence-corrected chi connectivity index (χ4v) is 2.20. The molecule has 0 aromatic heterocycles. The van der Waals surface area contributed by atoms with Crippen LogP contribution in [0.3, 0.4) is 0 Å². The molecule has 1 aromatic carbocycles. The van der Waals surface area contributed by atoms with Crippen LogP contribution >= 0.6 is 0 Å². The molecular weight excluding hydrogens is 232 g/mol. The van der Waals surface area contributed by atoms with E-state index in [9.17, 15) is 0 Å². The van der Waals surface area contributed by atoms with E-state index in [0.717, 1.165) is 6.42 Å². The van der Waals surface area contributed by atoms with Crippen LogP contribution in [0.25, 0.3) is 6.08 Å². The Morgan fingerprint density at radius 1 is 0.947 bits per heavy atom. The maximum atomic E-state index is 8.71. The van der Waals surface area contributed by atoms with Gasteiger partial charge < -0.3 is 5.11 Å². The van der Waals surface area contributed by atoms with Crippen molar-refractivity contribution in [1.29, 1.82) is 0 Å². The lowest BCUT2D eigenvalue weighted by molar-refractivity contribution is 0.303. The first-order valence-electron chi connectivity index (χ1n) is 7.73. The minimum absolute atomic E-state index is 0.229. The molecule has 0 bridgehead atoms. The van der Waals surface area contributed by atoms with Gasteiger partial charge in [-0.1, -0.05) is 75.4 Å². The molecule has 0 heterocycles. The Kier molecular flexibility index (Phi) is 9.09. The van der Waals surface area contributed by atoms with E-state index in [1.165, 1.54) is 56.1 Å². The molecule has 0 radical (unpaired) electrons. The second kappa shape index (κ2) is 10.8. The van der Waals surface area contributed by atoms with Gasteiger partial charge >= 0.3 is 0 Å². The summed E-state index contributed by atoms with van der Waals surface area (Å²) < 4.78 is 0. The minimum atomic E-state index is 0.229. The summed E-state index contributed by atoms with van der Waals surface area (Å²) in [6.07, 6.45) is 14.2. The van der Waals surface area contributed by atoms with E-state index in [4.69, 9.17) is 5.11 Å². The number of benzene rings is 1.